The number of hydrogen-bond acceptors (Lipinski definition) is 5. The maximum atomic E-state index is 9.89. The Balaban J connectivity index is 1.96. The molecule has 6 nitrogen and oxygen atoms in total. The molecule has 0 spiro atoms. The molecule has 2 heterocycles. The van der Waals surface area contributed by atoms with E-state index in [0.717, 1.165) is 12.4 Å². The summed E-state index contributed by atoms with van der Waals surface area (Å²) in [5, 5.41) is 18.0. The second kappa shape index (κ2) is 5.77. The molecule has 0 amide bonds. The van der Waals surface area contributed by atoms with Crippen LogP contribution in [0.3, 0.4) is 0 Å². The average molecular weight is 254 g/mol. The fourth-order valence-corrected chi connectivity index (χ4v) is 2.35. The van der Waals surface area contributed by atoms with E-state index in [4.69, 9.17) is 4.74 Å². The third kappa shape index (κ3) is 2.88. The van der Waals surface area contributed by atoms with Crippen molar-refractivity contribution in [3.8, 4) is 0 Å². The first kappa shape index (κ1) is 13.5. The van der Waals surface area contributed by atoms with Crippen molar-refractivity contribution in [1.29, 1.82) is 0 Å². The van der Waals surface area contributed by atoms with E-state index in [1.165, 1.54) is 0 Å². The molecule has 6 heteroatoms. The zero-order valence-corrected chi connectivity index (χ0v) is 11.3. The van der Waals surface area contributed by atoms with Gasteiger partial charge in [-0.25, -0.2) is 0 Å². The smallest absolute Gasteiger partial charge is 0.147 e. The van der Waals surface area contributed by atoms with Gasteiger partial charge in [-0.15, -0.1) is 10.2 Å². The zero-order valence-electron chi connectivity index (χ0n) is 11.3. The second-order valence-electron chi connectivity index (χ2n) is 5.00. The topological polar surface area (TPSA) is 63.4 Å². The molecule has 1 aromatic heterocycles. The van der Waals surface area contributed by atoms with Crippen molar-refractivity contribution >= 4 is 0 Å². The number of aliphatic hydroxyl groups is 1. The van der Waals surface area contributed by atoms with Gasteiger partial charge in [0, 0.05) is 25.7 Å². The highest BCUT2D eigenvalue weighted by atomic mass is 16.5. The molecule has 1 aliphatic rings. The number of aliphatic hydroxyl groups excluding tert-OH is 1. The van der Waals surface area contributed by atoms with E-state index in [0.29, 0.717) is 25.7 Å². The van der Waals surface area contributed by atoms with Crippen LogP contribution in [0.15, 0.2) is 6.33 Å². The predicted molar refractivity (Wildman–Crippen MR) is 67.1 cm³/mol. The SMILES string of the molecule is CCO[C@H]1CN(Cc2nncn2C(C)C)C[C@@H]1O. The summed E-state index contributed by atoms with van der Waals surface area (Å²) in [5.74, 6) is 0.939. The quantitative estimate of drug-likeness (QED) is 0.826. The van der Waals surface area contributed by atoms with E-state index in [1.807, 2.05) is 6.92 Å². The Bertz CT molecular complexity index is 380. The minimum absolute atomic E-state index is 0.0783. The summed E-state index contributed by atoms with van der Waals surface area (Å²) in [6.07, 6.45) is 1.28. The standard InChI is InChI=1S/C12H22N4O2/c1-4-18-11-6-15(5-10(11)17)7-12-14-13-8-16(12)9(2)3/h8-11,17H,4-7H2,1-3H3/t10-,11-/m0/s1. The normalized spacial score (nSPS) is 25.2. The molecule has 1 saturated heterocycles. The first-order valence-corrected chi connectivity index (χ1v) is 6.52. The van der Waals surface area contributed by atoms with Crippen LogP contribution in [0, 0.1) is 0 Å². The molecule has 0 unspecified atom stereocenters. The van der Waals surface area contributed by atoms with Gasteiger partial charge in [0.2, 0.25) is 0 Å². The van der Waals surface area contributed by atoms with E-state index < -0.39 is 6.10 Å². The van der Waals surface area contributed by atoms with Gasteiger partial charge in [0.05, 0.1) is 18.8 Å². The van der Waals surface area contributed by atoms with Gasteiger partial charge in [0.1, 0.15) is 12.2 Å². The predicted octanol–water partition coefficient (Wildman–Crippen LogP) is 0.441. The van der Waals surface area contributed by atoms with E-state index >= 15 is 0 Å². The summed E-state index contributed by atoms with van der Waals surface area (Å²) >= 11 is 0. The first-order valence-electron chi connectivity index (χ1n) is 6.52. The zero-order chi connectivity index (χ0) is 13.1. The van der Waals surface area contributed by atoms with E-state index in [-0.39, 0.29) is 6.10 Å². The molecule has 102 valence electrons. The molecule has 1 N–H and O–H groups in total. The molecule has 1 aliphatic heterocycles. The van der Waals surface area contributed by atoms with Gasteiger partial charge in [-0.3, -0.25) is 4.90 Å². The molecule has 18 heavy (non-hydrogen) atoms. The fourth-order valence-electron chi connectivity index (χ4n) is 2.35. The Hall–Kier alpha value is -0.980. The molecule has 0 aliphatic carbocycles. The summed E-state index contributed by atoms with van der Waals surface area (Å²) in [4.78, 5) is 2.16. The number of aromatic nitrogens is 3. The Morgan fingerprint density at radius 2 is 2.28 bits per heavy atom. The van der Waals surface area contributed by atoms with Crippen molar-refractivity contribution in [3.05, 3.63) is 12.2 Å². The van der Waals surface area contributed by atoms with Crippen molar-refractivity contribution in [1.82, 2.24) is 19.7 Å². The molecule has 1 fully saturated rings. The summed E-state index contributed by atoms with van der Waals surface area (Å²) in [7, 11) is 0. The minimum atomic E-state index is -0.402. The number of β-amino-alcohol motifs (C(OH)–C–C–N with tert-alkyl or cyclic N) is 1. The average Bonchev–Trinajstić information content (AvgIpc) is 2.88. The van der Waals surface area contributed by atoms with Crippen LogP contribution in [0.2, 0.25) is 0 Å². The lowest BCUT2D eigenvalue weighted by molar-refractivity contribution is -0.00246. The van der Waals surface area contributed by atoms with Crippen LogP contribution < -0.4 is 0 Å². The maximum absolute atomic E-state index is 9.89. The van der Waals surface area contributed by atoms with E-state index in [2.05, 4.69) is 33.5 Å². The van der Waals surface area contributed by atoms with Crippen molar-refractivity contribution < 1.29 is 9.84 Å². The van der Waals surface area contributed by atoms with E-state index in [1.54, 1.807) is 6.33 Å². The Morgan fingerprint density at radius 1 is 1.50 bits per heavy atom. The summed E-state index contributed by atoms with van der Waals surface area (Å²) < 4.78 is 7.56. The van der Waals surface area contributed by atoms with Crippen molar-refractivity contribution in [2.45, 2.75) is 45.6 Å². The van der Waals surface area contributed by atoms with Crippen molar-refractivity contribution in [3.63, 3.8) is 0 Å². The van der Waals surface area contributed by atoms with Crippen LogP contribution in [-0.2, 0) is 11.3 Å². The molecule has 2 rings (SSSR count). The lowest BCUT2D eigenvalue weighted by Gasteiger charge is -2.17. The van der Waals surface area contributed by atoms with Gasteiger partial charge in [-0.1, -0.05) is 0 Å². The van der Waals surface area contributed by atoms with Crippen LogP contribution in [0.4, 0.5) is 0 Å². The van der Waals surface area contributed by atoms with Crippen molar-refractivity contribution in [2.24, 2.45) is 0 Å². The van der Waals surface area contributed by atoms with Crippen LogP contribution in [-0.4, -0.2) is 56.7 Å². The second-order valence-corrected chi connectivity index (χ2v) is 5.00. The summed E-state index contributed by atoms with van der Waals surface area (Å²) in [5.41, 5.74) is 0. The van der Waals surface area contributed by atoms with Gasteiger partial charge in [0.15, 0.2) is 0 Å². The van der Waals surface area contributed by atoms with Gasteiger partial charge < -0.3 is 14.4 Å². The molecule has 1 aromatic rings. The largest absolute Gasteiger partial charge is 0.389 e. The molecule has 0 aromatic carbocycles. The highest BCUT2D eigenvalue weighted by Crippen LogP contribution is 2.17. The minimum Gasteiger partial charge on any atom is -0.389 e. The first-order chi connectivity index (χ1) is 8.61. The highest BCUT2D eigenvalue weighted by molar-refractivity contribution is 4.92. The van der Waals surface area contributed by atoms with Gasteiger partial charge in [0.25, 0.3) is 0 Å². The molecule has 2 atom stereocenters. The van der Waals surface area contributed by atoms with E-state index in [9.17, 15) is 5.11 Å². The van der Waals surface area contributed by atoms with Gasteiger partial charge in [-0.2, -0.15) is 0 Å². The number of hydrogen-bond donors (Lipinski definition) is 1. The monoisotopic (exact) mass is 254 g/mol. The maximum Gasteiger partial charge on any atom is 0.147 e. The van der Waals surface area contributed by atoms with Crippen molar-refractivity contribution in [2.75, 3.05) is 19.7 Å². The van der Waals surface area contributed by atoms with Gasteiger partial charge in [-0.05, 0) is 20.8 Å². The Morgan fingerprint density at radius 3 is 2.94 bits per heavy atom. The lowest BCUT2D eigenvalue weighted by atomic mass is 10.3. The summed E-state index contributed by atoms with van der Waals surface area (Å²) in [6.45, 7) is 8.89. The van der Waals surface area contributed by atoms with Crippen LogP contribution >= 0.6 is 0 Å². The third-order valence-corrected chi connectivity index (χ3v) is 3.26. The van der Waals surface area contributed by atoms with Crippen LogP contribution in [0.25, 0.3) is 0 Å². The molecule has 0 bridgehead atoms. The number of ether oxygens (including phenoxy) is 1. The third-order valence-electron chi connectivity index (χ3n) is 3.26. The number of rotatable bonds is 5. The number of likely N-dealkylation sites (tertiary alicyclic amines) is 1. The number of nitrogens with zero attached hydrogens (tertiary/aromatic N) is 4. The molecular weight excluding hydrogens is 232 g/mol. The fraction of sp³-hybridized carbons (Fsp3) is 0.833. The molecular formula is C12H22N4O2. The summed E-state index contributed by atoms with van der Waals surface area (Å²) in [6, 6.07) is 0.352. The molecule has 0 saturated carbocycles. The van der Waals surface area contributed by atoms with Crippen LogP contribution in [0.5, 0.6) is 0 Å². The highest BCUT2D eigenvalue weighted by Gasteiger charge is 2.32. The Labute approximate surface area is 108 Å². The molecule has 0 radical (unpaired) electrons. The van der Waals surface area contributed by atoms with Crippen LogP contribution in [0.1, 0.15) is 32.6 Å². The van der Waals surface area contributed by atoms with Gasteiger partial charge >= 0.3 is 0 Å². The Kier molecular flexibility index (Phi) is 4.31. The lowest BCUT2D eigenvalue weighted by Crippen LogP contribution is -2.26.